The molecule has 3 saturated heterocycles. The van der Waals surface area contributed by atoms with Crippen molar-refractivity contribution in [2.75, 3.05) is 6.54 Å². The van der Waals surface area contributed by atoms with Crippen LogP contribution in [0.3, 0.4) is 0 Å². The Labute approximate surface area is 145 Å². The van der Waals surface area contributed by atoms with E-state index >= 15 is 0 Å². The number of carbonyl (C=O) groups excluding carboxylic acids is 2. The van der Waals surface area contributed by atoms with Gasteiger partial charge in [0, 0.05) is 11.0 Å². The highest BCUT2D eigenvalue weighted by atomic mass is 79.9. The topological polar surface area (TPSA) is 40.6 Å². The number of piperidine rings is 1. The first-order valence-electron chi connectivity index (χ1n) is 8.46. The van der Waals surface area contributed by atoms with Crippen LogP contribution in [0.5, 0.6) is 0 Å². The highest BCUT2D eigenvalue weighted by molar-refractivity contribution is 9.10. The van der Waals surface area contributed by atoms with Gasteiger partial charge >= 0.3 is 0 Å². The summed E-state index contributed by atoms with van der Waals surface area (Å²) in [5.74, 6) is 0.699. The lowest BCUT2D eigenvalue weighted by Gasteiger charge is -2.51. The summed E-state index contributed by atoms with van der Waals surface area (Å²) in [6, 6.07) is 7.72. The molecule has 0 aromatic heterocycles. The van der Waals surface area contributed by atoms with Crippen molar-refractivity contribution < 1.29 is 9.59 Å². The van der Waals surface area contributed by atoms with E-state index in [4.69, 9.17) is 0 Å². The van der Waals surface area contributed by atoms with Crippen LogP contribution in [0.25, 0.3) is 0 Å². The average molecular weight is 377 g/mol. The molecule has 4 rings (SSSR count). The molecule has 0 bridgehead atoms. The Bertz CT molecular complexity index is 645. The van der Waals surface area contributed by atoms with Crippen LogP contribution in [0, 0.1) is 5.92 Å². The van der Waals surface area contributed by atoms with Gasteiger partial charge in [-0.05, 0) is 49.3 Å². The lowest BCUT2D eigenvalue weighted by Crippen LogP contribution is -2.65. The zero-order chi connectivity index (χ0) is 16.1. The van der Waals surface area contributed by atoms with Crippen molar-refractivity contribution in [3.8, 4) is 0 Å². The molecule has 3 fully saturated rings. The van der Waals surface area contributed by atoms with Crippen LogP contribution in [0.4, 0.5) is 0 Å². The summed E-state index contributed by atoms with van der Waals surface area (Å²) in [7, 11) is 0. The summed E-state index contributed by atoms with van der Waals surface area (Å²) < 4.78 is 1.03. The fraction of sp³-hybridized carbons (Fsp3) is 0.556. The van der Waals surface area contributed by atoms with Gasteiger partial charge in [-0.15, -0.1) is 0 Å². The number of rotatable bonds is 1. The summed E-state index contributed by atoms with van der Waals surface area (Å²) in [5, 5.41) is 0. The molecule has 5 heteroatoms. The molecular formula is C18H21BrN2O2. The van der Waals surface area contributed by atoms with E-state index in [2.05, 4.69) is 35.0 Å². The van der Waals surface area contributed by atoms with Crippen LogP contribution >= 0.6 is 15.9 Å². The van der Waals surface area contributed by atoms with Gasteiger partial charge in [0.15, 0.2) is 0 Å². The second-order valence-electron chi connectivity index (χ2n) is 7.00. The Kier molecular flexibility index (Phi) is 3.71. The van der Waals surface area contributed by atoms with E-state index in [1.54, 1.807) is 0 Å². The van der Waals surface area contributed by atoms with E-state index in [1.807, 2.05) is 21.9 Å². The van der Waals surface area contributed by atoms with Crippen molar-refractivity contribution in [1.29, 1.82) is 0 Å². The summed E-state index contributed by atoms with van der Waals surface area (Å²) in [4.78, 5) is 29.7. The summed E-state index contributed by atoms with van der Waals surface area (Å²) in [6.45, 7) is 2.94. The molecule has 23 heavy (non-hydrogen) atoms. The third-order valence-corrected chi connectivity index (χ3v) is 6.17. The molecule has 0 unspecified atom stereocenters. The highest BCUT2D eigenvalue weighted by Gasteiger charge is 2.52. The molecule has 0 N–H and O–H groups in total. The van der Waals surface area contributed by atoms with Gasteiger partial charge < -0.3 is 9.80 Å². The molecule has 0 spiro atoms. The lowest BCUT2D eigenvalue weighted by molar-refractivity contribution is -0.167. The number of nitrogens with zero attached hydrogens (tertiary/aromatic N) is 2. The predicted molar refractivity (Wildman–Crippen MR) is 90.7 cm³/mol. The highest BCUT2D eigenvalue weighted by Crippen LogP contribution is 2.43. The van der Waals surface area contributed by atoms with E-state index in [9.17, 15) is 9.59 Å². The van der Waals surface area contributed by atoms with E-state index in [1.165, 1.54) is 0 Å². The number of benzene rings is 1. The fourth-order valence-corrected chi connectivity index (χ4v) is 4.78. The zero-order valence-corrected chi connectivity index (χ0v) is 14.8. The van der Waals surface area contributed by atoms with Crippen molar-refractivity contribution in [2.45, 2.75) is 50.7 Å². The molecule has 4 atom stereocenters. The first kappa shape index (κ1) is 15.2. The first-order chi connectivity index (χ1) is 11.1. The van der Waals surface area contributed by atoms with Gasteiger partial charge in [-0.3, -0.25) is 9.59 Å². The molecule has 1 aromatic carbocycles. The van der Waals surface area contributed by atoms with Crippen LogP contribution in [-0.4, -0.2) is 40.2 Å². The van der Waals surface area contributed by atoms with Crippen LogP contribution in [0.15, 0.2) is 28.7 Å². The van der Waals surface area contributed by atoms with Crippen LogP contribution in [0.2, 0.25) is 0 Å². The van der Waals surface area contributed by atoms with Gasteiger partial charge in [-0.25, -0.2) is 0 Å². The largest absolute Gasteiger partial charge is 0.329 e. The average Bonchev–Trinajstić information content (AvgIpc) is 3.03. The Morgan fingerprint density at radius 1 is 1.00 bits per heavy atom. The Hall–Kier alpha value is -1.36. The molecular weight excluding hydrogens is 356 g/mol. The maximum Gasteiger partial charge on any atom is 0.246 e. The summed E-state index contributed by atoms with van der Waals surface area (Å²) >= 11 is 3.47. The van der Waals surface area contributed by atoms with Crippen molar-refractivity contribution >= 4 is 27.7 Å². The normalized spacial score (nSPS) is 33.7. The Morgan fingerprint density at radius 2 is 1.74 bits per heavy atom. The minimum atomic E-state index is -0.262. The lowest BCUT2D eigenvalue weighted by atomic mass is 9.80. The third-order valence-electron chi connectivity index (χ3n) is 5.64. The number of piperazine rings is 1. The molecule has 0 radical (unpaired) electrons. The molecule has 0 saturated carbocycles. The van der Waals surface area contributed by atoms with Gasteiger partial charge in [0.2, 0.25) is 11.8 Å². The zero-order valence-electron chi connectivity index (χ0n) is 13.2. The molecule has 2 amide bonds. The van der Waals surface area contributed by atoms with E-state index in [0.717, 1.165) is 42.3 Å². The fourth-order valence-electron chi connectivity index (χ4n) is 4.52. The maximum atomic E-state index is 13.1. The van der Waals surface area contributed by atoms with Crippen LogP contribution < -0.4 is 0 Å². The minimum absolute atomic E-state index is 0.0149. The summed E-state index contributed by atoms with van der Waals surface area (Å²) in [5.41, 5.74) is 1.14. The second kappa shape index (κ2) is 5.62. The van der Waals surface area contributed by atoms with Gasteiger partial charge in [0.1, 0.15) is 12.1 Å². The number of fused-ring (bicyclic) bond motifs is 2. The molecule has 3 aliphatic heterocycles. The molecule has 3 aliphatic rings. The number of hydrogen-bond acceptors (Lipinski definition) is 2. The second-order valence-corrected chi connectivity index (χ2v) is 7.92. The third kappa shape index (κ3) is 2.32. The Morgan fingerprint density at radius 3 is 2.48 bits per heavy atom. The van der Waals surface area contributed by atoms with E-state index < -0.39 is 0 Å². The van der Waals surface area contributed by atoms with Crippen LogP contribution in [0.1, 0.15) is 44.2 Å². The van der Waals surface area contributed by atoms with Gasteiger partial charge in [0.05, 0.1) is 6.04 Å². The molecule has 3 heterocycles. The van der Waals surface area contributed by atoms with E-state index in [-0.39, 0.29) is 29.9 Å². The Balaban J connectivity index is 1.74. The number of hydrogen-bond donors (Lipinski definition) is 0. The van der Waals surface area contributed by atoms with Crippen molar-refractivity contribution in [2.24, 2.45) is 5.92 Å². The van der Waals surface area contributed by atoms with Crippen LogP contribution in [-0.2, 0) is 9.59 Å². The first-order valence-corrected chi connectivity index (χ1v) is 9.25. The molecule has 122 valence electrons. The predicted octanol–water partition coefficient (Wildman–Crippen LogP) is 3.12. The number of halogens is 1. The quantitative estimate of drug-likeness (QED) is 0.755. The number of carbonyl (C=O) groups is 2. The van der Waals surface area contributed by atoms with Gasteiger partial charge in [0.25, 0.3) is 0 Å². The van der Waals surface area contributed by atoms with Crippen molar-refractivity contribution in [3.05, 3.63) is 34.3 Å². The molecule has 0 aliphatic carbocycles. The SMILES string of the molecule is C[C@@H]1CC[C@H]2C(=O)N3CCC[C@H]3C(=O)N2[C@H]1c1ccc(Br)cc1. The van der Waals surface area contributed by atoms with Gasteiger partial charge in [-0.2, -0.15) is 0 Å². The molecule has 1 aromatic rings. The maximum absolute atomic E-state index is 13.1. The smallest absolute Gasteiger partial charge is 0.246 e. The van der Waals surface area contributed by atoms with Gasteiger partial charge in [-0.1, -0.05) is 35.0 Å². The van der Waals surface area contributed by atoms with Crippen molar-refractivity contribution in [1.82, 2.24) is 9.80 Å². The van der Waals surface area contributed by atoms with Crippen molar-refractivity contribution in [3.63, 3.8) is 0 Å². The standard InChI is InChI=1S/C18H21BrN2O2/c1-11-4-9-15-17(22)20-10-2-3-14(20)18(23)21(15)16(11)12-5-7-13(19)8-6-12/h5-8,11,14-16H,2-4,9-10H2,1H3/t11-,14+,15+,16-/m1/s1. The number of amides is 2. The summed E-state index contributed by atoms with van der Waals surface area (Å²) in [6.07, 6.45) is 3.54. The van der Waals surface area contributed by atoms with E-state index in [0.29, 0.717) is 5.92 Å². The molecule has 4 nitrogen and oxygen atoms in total. The monoisotopic (exact) mass is 376 g/mol. The minimum Gasteiger partial charge on any atom is -0.329 e.